The quantitative estimate of drug-likeness (QED) is 0.703. The Bertz CT molecular complexity index is 259. The number of carbonyl (C=O) groups excluding carboxylic acids is 1. The molecule has 1 N–H and O–H groups in total. The molecule has 1 amide bonds. The number of amides is 1. The number of carbonyl (C=O) groups is 1. The summed E-state index contributed by atoms with van der Waals surface area (Å²) in [6, 6.07) is 1.86. The van der Waals surface area contributed by atoms with Crippen molar-refractivity contribution in [2.75, 3.05) is 6.54 Å². The molecule has 2 fully saturated rings. The van der Waals surface area contributed by atoms with Crippen LogP contribution in [0.25, 0.3) is 0 Å². The van der Waals surface area contributed by atoms with Crippen molar-refractivity contribution in [2.45, 2.75) is 32.1 Å². The number of nitrogens with zero attached hydrogens (tertiary/aromatic N) is 1. The van der Waals surface area contributed by atoms with Crippen molar-refractivity contribution in [1.82, 2.24) is 5.32 Å². The fourth-order valence-corrected chi connectivity index (χ4v) is 1.99. The summed E-state index contributed by atoms with van der Waals surface area (Å²) in [5.74, 6) is 0.754. The molecule has 0 aromatic heterocycles. The smallest absolute Gasteiger partial charge is 0.234 e. The highest BCUT2D eigenvalue weighted by Gasteiger charge is 2.53. The van der Waals surface area contributed by atoms with Crippen LogP contribution in [0.1, 0.15) is 32.1 Å². The largest absolute Gasteiger partial charge is 0.355 e. The van der Waals surface area contributed by atoms with E-state index in [0.717, 1.165) is 12.5 Å². The molecule has 2 aliphatic rings. The number of hydrogen-bond donors (Lipinski definition) is 1. The van der Waals surface area contributed by atoms with Crippen molar-refractivity contribution in [1.29, 1.82) is 5.26 Å². The first-order valence-electron chi connectivity index (χ1n) is 4.90. The lowest BCUT2D eigenvalue weighted by Crippen LogP contribution is -2.30. The zero-order valence-electron chi connectivity index (χ0n) is 7.68. The third kappa shape index (κ3) is 1.82. The van der Waals surface area contributed by atoms with E-state index in [2.05, 4.69) is 5.32 Å². The highest BCUT2D eigenvalue weighted by molar-refractivity contribution is 5.78. The average Bonchev–Trinajstić information content (AvgIpc) is 2.95. The van der Waals surface area contributed by atoms with E-state index in [1.165, 1.54) is 25.7 Å². The molecule has 3 heteroatoms. The highest BCUT2D eigenvalue weighted by atomic mass is 16.1. The van der Waals surface area contributed by atoms with Crippen LogP contribution in [-0.4, -0.2) is 12.5 Å². The minimum absolute atomic E-state index is 0.000741. The molecule has 0 bridgehead atoms. The predicted molar refractivity (Wildman–Crippen MR) is 47.6 cm³/mol. The van der Waals surface area contributed by atoms with Crippen molar-refractivity contribution < 1.29 is 4.79 Å². The van der Waals surface area contributed by atoms with Crippen LogP contribution in [0.2, 0.25) is 0 Å². The molecule has 3 nitrogen and oxygen atoms in total. The first kappa shape index (κ1) is 8.55. The lowest BCUT2D eigenvalue weighted by atomic mass is 10.0. The summed E-state index contributed by atoms with van der Waals surface area (Å²) in [6.07, 6.45) is 5.22. The topological polar surface area (TPSA) is 52.9 Å². The van der Waals surface area contributed by atoms with E-state index in [0.29, 0.717) is 5.41 Å². The molecule has 13 heavy (non-hydrogen) atoms. The van der Waals surface area contributed by atoms with Crippen molar-refractivity contribution >= 4 is 5.91 Å². The number of rotatable bonds is 4. The maximum absolute atomic E-state index is 11.0. The van der Waals surface area contributed by atoms with Gasteiger partial charge < -0.3 is 5.32 Å². The van der Waals surface area contributed by atoms with Crippen LogP contribution >= 0.6 is 0 Å². The van der Waals surface area contributed by atoms with Gasteiger partial charge in [0.1, 0.15) is 6.42 Å². The molecule has 0 aliphatic heterocycles. The van der Waals surface area contributed by atoms with Gasteiger partial charge in [0.25, 0.3) is 0 Å². The molecule has 0 spiro atoms. The SMILES string of the molecule is N#CCC(=O)NCC1(C2CC2)CC1. The number of nitrogens with one attached hydrogen (secondary N) is 1. The normalized spacial score (nSPS) is 23.3. The van der Waals surface area contributed by atoms with E-state index in [4.69, 9.17) is 5.26 Å². The summed E-state index contributed by atoms with van der Waals surface area (Å²) in [6.45, 7) is 0.804. The Labute approximate surface area is 78.1 Å². The van der Waals surface area contributed by atoms with Crippen LogP contribution in [0, 0.1) is 22.7 Å². The third-order valence-corrected chi connectivity index (χ3v) is 3.21. The average molecular weight is 178 g/mol. The summed E-state index contributed by atoms with van der Waals surface area (Å²) >= 11 is 0. The fourth-order valence-electron chi connectivity index (χ4n) is 1.99. The Morgan fingerprint density at radius 3 is 2.69 bits per heavy atom. The molecule has 0 aromatic carbocycles. The van der Waals surface area contributed by atoms with Gasteiger partial charge in [0.15, 0.2) is 0 Å². The fraction of sp³-hybridized carbons (Fsp3) is 0.800. The first-order chi connectivity index (χ1) is 6.27. The molecule has 0 heterocycles. The minimum atomic E-state index is -0.116. The van der Waals surface area contributed by atoms with Gasteiger partial charge in [-0.25, -0.2) is 0 Å². The molecular weight excluding hydrogens is 164 g/mol. The van der Waals surface area contributed by atoms with Gasteiger partial charge in [-0.3, -0.25) is 4.79 Å². The van der Waals surface area contributed by atoms with Crippen molar-refractivity contribution in [3.8, 4) is 6.07 Å². The Hall–Kier alpha value is -1.04. The summed E-state index contributed by atoms with van der Waals surface area (Å²) in [4.78, 5) is 11.0. The molecule has 0 radical (unpaired) electrons. The van der Waals surface area contributed by atoms with Gasteiger partial charge in [0.2, 0.25) is 5.91 Å². The standard InChI is InChI=1S/C10H14N2O/c11-6-3-9(13)12-7-10(4-5-10)8-1-2-8/h8H,1-5,7H2,(H,12,13). The van der Waals surface area contributed by atoms with Gasteiger partial charge in [-0.15, -0.1) is 0 Å². The summed E-state index contributed by atoms with van der Waals surface area (Å²) in [5.41, 5.74) is 0.450. The molecule has 0 unspecified atom stereocenters. The molecule has 70 valence electrons. The molecule has 2 rings (SSSR count). The first-order valence-corrected chi connectivity index (χ1v) is 4.90. The van der Waals surface area contributed by atoms with Crippen LogP contribution in [-0.2, 0) is 4.79 Å². The zero-order valence-corrected chi connectivity index (χ0v) is 7.68. The monoisotopic (exact) mass is 178 g/mol. The highest BCUT2D eigenvalue weighted by Crippen LogP contribution is 2.60. The van der Waals surface area contributed by atoms with E-state index >= 15 is 0 Å². The lowest BCUT2D eigenvalue weighted by molar-refractivity contribution is -0.120. The van der Waals surface area contributed by atoms with Gasteiger partial charge in [0, 0.05) is 6.54 Å². The van der Waals surface area contributed by atoms with Gasteiger partial charge in [0.05, 0.1) is 6.07 Å². The second-order valence-corrected chi connectivity index (χ2v) is 4.25. The molecule has 0 aromatic rings. The van der Waals surface area contributed by atoms with Gasteiger partial charge in [-0.1, -0.05) is 0 Å². The summed E-state index contributed by atoms with van der Waals surface area (Å²) in [7, 11) is 0. The molecule has 2 aliphatic carbocycles. The van der Waals surface area contributed by atoms with Crippen LogP contribution in [0.4, 0.5) is 0 Å². The van der Waals surface area contributed by atoms with Crippen LogP contribution < -0.4 is 5.32 Å². The van der Waals surface area contributed by atoms with E-state index < -0.39 is 0 Å². The van der Waals surface area contributed by atoms with Crippen molar-refractivity contribution in [3.05, 3.63) is 0 Å². The second-order valence-electron chi connectivity index (χ2n) is 4.25. The van der Waals surface area contributed by atoms with Crippen LogP contribution in [0.3, 0.4) is 0 Å². The molecule has 0 atom stereocenters. The Morgan fingerprint density at radius 1 is 1.54 bits per heavy atom. The van der Waals surface area contributed by atoms with Gasteiger partial charge in [-0.05, 0) is 37.0 Å². The number of nitriles is 1. The molecular formula is C10H14N2O. The second kappa shape index (κ2) is 3.02. The lowest BCUT2D eigenvalue weighted by Gasteiger charge is -2.13. The Morgan fingerprint density at radius 2 is 2.23 bits per heavy atom. The summed E-state index contributed by atoms with van der Waals surface area (Å²) < 4.78 is 0. The van der Waals surface area contributed by atoms with E-state index in [1.807, 2.05) is 6.07 Å². The Balaban J connectivity index is 1.73. The third-order valence-electron chi connectivity index (χ3n) is 3.21. The van der Waals surface area contributed by atoms with E-state index in [1.54, 1.807) is 0 Å². The van der Waals surface area contributed by atoms with Crippen molar-refractivity contribution in [2.24, 2.45) is 11.3 Å². The van der Waals surface area contributed by atoms with Gasteiger partial charge in [-0.2, -0.15) is 5.26 Å². The van der Waals surface area contributed by atoms with E-state index in [-0.39, 0.29) is 12.3 Å². The van der Waals surface area contributed by atoms with Crippen molar-refractivity contribution in [3.63, 3.8) is 0 Å². The number of hydrogen-bond acceptors (Lipinski definition) is 2. The minimum Gasteiger partial charge on any atom is -0.355 e. The Kier molecular flexibility index (Phi) is 1.99. The maximum Gasteiger partial charge on any atom is 0.234 e. The maximum atomic E-state index is 11.0. The molecule has 0 saturated heterocycles. The van der Waals surface area contributed by atoms with Gasteiger partial charge >= 0.3 is 0 Å². The summed E-state index contributed by atoms with van der Waals surface area (Å²) in [5, 5.41) is 11.1. The molecule has 2 saturated carbocycles. The predicted octanol–water partition coefficient (Wildman–Crippen LogP) is 1.21. The van der Waals surface area contributed by atoms with Crippen LogP contribution in [0.5, 0.6) is 0 Å². The van der Waals surface area contributed by atoms with E-state index in [9.17, 15) is 4.79 Å². The van der Waals surface area contributed by atoms with Crippen LogP contribution in [0.15, 0.2) is 0 Å². The zero-order chi connectivity index (χ0) is 9.31.